The number of phenols is 6. The molecule has 2 rings (SSSR count). The maximum Gasteiger partial charge on any atom is 0.234 e. The van der Waals surface area contributed by atoms with E-state index in [1.807, 2.05) is 0 Å². The van der Waals surface area contributed by atoms with E-state index >= 15 is 0 Å². The standard InChI is InChI=1S/C15H12O8/c16-7-4-8(17)13(9(18)5-7)15(23)12(21)3-6-1-10(19)14(22)11(20)2-6/h1-5,16-22H/b12-3+. The van der Waals surface area contributed by atoms with E-state index in [9.17, 15) is 40.5 Å². The first-order valence-electron chi connectivity index (χ1n) is 6.16. The van der Waals surface area contributed by atoms with Crippen molar-refractivity contribution in [2.24, 2.45) is 0 Å². The van der Waals surface area contributed by atoms with Gasteiger partial charge in [-0.05, 0) is 23.8 Å². The molecule has 2 aromatic carbocycles. The zero-order valence-electron chi connectivity index (χ0n) is 11.4. The molecule has 8 nitrogen and oxygen atoms in total. The fourth-order valence-electron chi connectivity index (χ4n) is 1.89. The smallest absolute Gasteiger partial charge is 0.234 e. The summed E-state index contributed by atoms with van der Waals surface area (Å²) in [7, 11) is 0. The highest BCUT2D eigenvalue weighted by Gasteiger charge is 2.21. The molecule has 0 atom stereocenters. The van der Waals surface area contributed by atoms with E-state index in [2.05, 4.69) is 0 Å². The monoisotopic (exact) mass is 320 g/mol. The van der Waals surface area contributed by atoms with Gasteiger partial charge in [0.1, 0.15) is 22.8 Å². The summed E-state index contributed by atoms with van der Waals surface area (Å²) in [5.41, 5.74) is -0.662. The molecule has 0 bridgehead atoms. The molecule has 0 fully saturated rings. The van der Waals surface area contributed by atoms with Crippen molar-refractivity contribution in [2.75, 3.05) is 0 Å². The van der Waals surface area contributed by atoms with Gasteiger partial charge in [0.2, 0.25) is 5.78 Å². The summed E-state index contributed by atoms with van der Waals surface area (Å²) < 4.78 is 0. The third-order valence-corrected chi connectivity index (χ3v) is 2.94. The van der Waals surface area contributed by atoms with Crippen molar-refractivity contribution in [1.82, 2.24) is 0 Å². The fraction of sp³-hybridized carbons (Fsp3) is 0. The topological polar surface area (TPSA) is 159 Å². The Morgan fingerprint density at radius 2 is 1.26 bits per heavy atom. The van der Waals surface area contributed by atoms with Crippen LogP contribution in [0, 0.1) is 0 Å². The molecule has 8 heteroatoms. The Morgan fingerprint density at radius 1 is 0.783 bits per heavy atom. The summed E-state index contributed by atoms with van der Waals surface area (Å²) in [5.74, 6) is -6.17. The van der Waals surface area contributed by atoms with Gasteiger partial charge in [0.05, 0.1) is 0 Å². The molecule has 0 saturated carbocycles. The van der Waals surface area contributed by atoms with Crippen LogP contribution in [-0.2, 0) is 0 Å². The van der Waals surface area contributed by atoms with Crippen molar-refractivity contribution in [3.05, 3.63) is 41.2 Å². The van der Waals surface area contributed by atoms with Crippen LogP contribution in [0.15, 0.2) is 30.0 Å². The molecule has 0 aliphatic carbocycles. The van der Waals surface area contributed by atoms with E-state index in [1.54, 1.807) is 0 Å². The first-order valence-corrected chi connectivity index (χ1v) is 6.16. The number of aliphatic hydroxyl groups excluding tert-OH is 1. The number of Topliss-reactive ketones (excluding diaryl/α,β-unsaturated/α-hetero) is 1. The Morgan fingerprint density at radius 3 is 1.74 bits per heavy atom. The molecule has 0 aliphatic rings. The van der Waals surface area contributed by atoms with Gasteiger partial charge >= 0.3 is 0 Å². The van der Waals surface area contributed by atoms with Crippen molar-refractivity contribution in [3.8, 4) is 34.5 Å². The first-order chi connectivity index (χ1) is 10.7. The highest BCUT2D eigenvalue weighted by molar-refractivity contribution is 6.13. The van der Waals surface area contributed by atoms with Gasteiger partial charge < -0.3 is 35.7 Å². The molecule has 120 valence electrons. The van der Waals surface area contributed by atoms with Gasteiger partial charge in [0.15, 0.2) is 23.0 Å². The van der Waals surface area contributed by atoms with Crippen molar-refractivity contribution in [2.45, 2.75) is 0 Å². The lowest BCUT2D eigenvalue weighted by Crippen LogP contribution is -2.03. The summed E-state index contributed by atoms with van der Waals surface area (Å²) >= 11 is 0. The number of phenolic OH excluding ortho intramolecular Hbond substituents is 6. The SMILES string of the molecule is O=C(/C(O)=C\c1cc(O)c(O)c(O)c1)c1c(O)cc(O)cc1O. The van der Waals surface area contributed by atoms with Gasteiger partial charge in [0.25, 0.3) is 0 Å². The molecule has 23 heavy (non-hydrogen) atoms. The highest BCUT2D eigenvalue weighted by atomic mass is 16.3. The van der Waals surface area contributed by atoms with Crippen molar-refractivity contribution >= 4 is 11.9 Å². The lowest BCUT2D eigenvalue weighted by Gasteiger charge is -2.07. The summed E-state index contributed by atoms with van der Waals surface area (Å²) in [6, 6.07) is 3.54. The minimum atomic E-state index is -1.16. The van der Waals surface area contributed by atoms with E-state index in [-0.39, 0.29) is 5.56 Å². The number of aliphatic hydroxyl groups is 1. The van der Waals surface area contributed by atoms with E-state index < -0.39 is 51.6 Å². The zero-order chi connectivity index (χ0) is 17.3. The first kappa shape index (κ1) is 15.8. The number of hydrogen-bond donors (Lipinski definition) is 7. The van der Waals surface area contributed by atoms with Crippen LogP contribution >= 0.6 is 0 Å². The van der Waals surface area contributed by atoms with Crippen LogP contribution in [0.3, 0.4) is 0 Å². The van der Waals surface area contributed by atoms with Crippen LogP contribution in [0.2, 0.25) is 0 Å². The van der Waals surface area contributed by atoms with Gasteiger partial charge in [-0.1, -0.05) is 0 Å². The third-order valence-electron chi connectivity index (χ3n) is 2.94. The molecule has 0 saturated heterocycles. The summed E-state index contributed by atoms with van der Waals surface area (Å²) in [6.07, 6.45) is 0.840. The van der Waals surface area contributed by atoms with Gasteiger partial charge in [-0.2, -0.15) is 0 Å². The van der Waals surface area contributed by atoms with Crippen molar-refractivity contribution in [1.29, 1.82) is 0 Å². The normalized spacial score (nSPS) is 11.4. The maximum atomic E-state index is 12.0. The van der Waals surface area contributed by atoms with Crippen LogP contribution in [-0.4, -0.2) is 41.5 Å². The largest absolute Gasteiger partial charge is 0.508 e. The Labute approximate surface area is 129 Å². The number of carbonyl (C=O) groups excluding carboxylic acids is 1. The lowest BCUT2D eigenvalue weighted by atomic mass is 10.0. The molecular formula is C15H12O8. The van der Waals surface area contributed by atoms with E-state index in [0.717, 1.165) is 30.3 Å². The van der Waals surface area contributed by atoms with Crippen LogP contribution in [0.25, 0.3) is 6.08 Å². The number of allylic oxidation sites excluding steroid dienone is 1. The minimum Gasteiger partial charge on any atom is -0.508 e. The molecule has 0 amide bonds. The predicted molar refractivity (Wildman–Crippen MR) is 77.8 cm³/mol. The van der Waals surface area contributed by atoms with Gasteiger partial charge in [0, 0.05) is 12.1 Å². The van der Waals surface area contributed by atoms with Gasteiger partial charge in [-0.25, -0.2) is 0 Å². The molecule has 2 aromatic rings. The number of hydrogen-bond acceptors (Lipinski definition) is 8. The molecule has 0 aromatic heterocycles. The van der Waals surface area contributed by atoms with Crippen LogP contribution in [0.4, 0.5) is 0 Å². The van der Waals surface area contributed by atoms with E-state index in [4.69, 9.17) is 0 Å². The Hall–Kier alpha value is -3.55. The average molecular weight is 320 g/mol. The van der Waals surface area contributed by atoms with E-state index in [0.29, 0.717) is 0 Å². The molecule has 7 N–H and O–H groups in total. The Balaban J connectivity index is 2.44. The van der Waals surface area contributed by atoms with Crippen molar-refractivity contribution in [3.63, 3.8) is 0 Å². The van der Waals surface area contributed by atoms with Crippen molar-refractivity contribution < 1.29 is 40.5 Å². The second-order valence-electron chi connectivity index (χ2n) is 4.63. The van der Waals surface area contributed by atoms with Gasteiger partial charge in [-0.3, -0.25) is 4.79 Å². The van der Waals surface area contributed by atoms with Crippen LogP contribution in [0.1, 0.15) is 15.9 Å². The molecule has 0 aliphatic heterocycles. The Kier molecular flexibility index (Phi) is 3.91. The third kappa shape index (κ3) is 3.05. The van der Waals surface area contributed by atoms with Gasteiger partial charge in [-0.15, -0.1) is 0 Å². The molecular weight excluding hydrogens is 308 g/mol. The summed E-state index contributed by atoms with van der Waals surface area (Å²) in [4.78, 5) is 12.0. The predicted octanol–water partition coefficient (Wildman–Crippen LogP) is 1.70. The average Bonchev–Trinajstić information content (AvgIpc) is 2.43. The highest BCUT2D eigenvalue weighted by Crippen LogP contribution is 2.37. The van der Waals surface area contributed by atoms with Crippen LogP contribution in [0.5, 0.6) is 34.5 Å². The number of ketones is 1. The fourth-order valence-corrected chi connectivity index (χ4v) is 1.89. The lowest BCUT2D eigenvalue weighted by molar-refractivity contribution is 0.0975. The van der Waals surface area contributed by atoms with E-state index in [1.165, 1.54) is 0 Å². The molecule has 0 heterocycles. The van der Waals surface area contributed by atoms with Crippen LogP contribution < -0.4 is 0 Å². The molecule has 0 radical (unpaired) electrons. The molecule has 0 unspecified atom stereocenters. The number of rotatable bonds is 3. The second kappa shape index (κ2) is 5.68. The number of benzene rings is 2. The zero-order valence-corrected chi connectivity index (χ0v) is 11.4. The minimum absolute atomic E-state index is 0.0265. The second-order valence-corrected chi connectivity index (χ2v) is 4.63. The molecule has 0 spiro atoms. The Bertz CT molecular complexity index is 776. The summed E-state index contributed by atoms with van der Waals surface area (Å²) in [5, 5.41) is 66.1. The number of aromatic hydroxyl groups is 6. The summed E-state index contributed by atoms with van der Waals surface area (Å²) in [6.45, 7) is 0. The maximum absolute atomic E-state index is 12.0. The number of carbonyl (C=O) groups is 1. The quantitative estimate of drug-likeness (QED) is 0.195.